The van der Waals surface area contributed by atoms with Crippen LogP contribution in [0.4, 0.5) is 27.7 Å². The van der Waals surface area contributed by atoms with Gasteiger partial charge in [-0.25, -0.2) is 18.2 Å². The summed E-state index contributed by atoms with van der Waals surface area (Å²) in [4.78, 5) is 15.0. The van der Waals surface area contributed by atoms with Crippen molar-refractivity contribution in [2.45, 2.75) is 4.90 Å². The van der Waals surface area contributed by atoms with E-state index in [0.29, 0.717) is 5.69 Å². The Balaban J connectivity index is 1.78. The second-order valence-corrected chi connectivity index (χ2v) is 7.39. The number of benzene rings is 2. The Bertz CT molecular complexity index is 1150. The van der Waals surface area contributed by atoms with Crippen LogP contribution < -0.4 is 15.8 Å². The summed E-state index contributed by atoms with van der Waals surface area (Å²) in [7, 11) is -3.80. The number of nitrogens with one attached hydrogen (secondary N) is 2. The summed E-state index contributed by atoms with van der Waals surface area (Å²) < 4.78 is 27.2. The van der Waals surface area contributed by atoms with Crippen LogP contribution in [-0.2, 0) is 10.0 Å². The van der Waals surface area contributed by atoms with Crippen LogP contribution in [0.15, 0.2) is 82.0 Å². The molecular formula is C18H16N6O4S. The highest BCUT2D eigenvalue weighted by molar-refractivity contribution is 7.92. The van der Waals surface area contributed by atoms with Crippen molar-refractivity contribution >= 4 is 38.9 Å². The van der Waals surface area contributed by atoms with Crippen LogP contribution in [0.3, 0.4) is 0 Å². The summed E-state index contributed by atoms with van der Waals surface area (Å²) in [5.74, 6) is 0.126. The van der Waals surface area contributed by atoms with Crippen molar-refractivity contribution in [3.05, 3.63) is 66.9 Å². The lowest BCUT2D eigenvalue weighted by Gasteiger charge is -2.07. The van der Waals surface area contributed by atoms with E-state index in [4.69, 9.17) is 5.73 Å². The van der Waals surface area contributed by atoms with E-state index in [9.17, 15) is 18.3 Å². The van der Waals surface area contributed by atoms with Gasteiger partial charge in [0.25, 0.3) is 10.0 Å². The van der Waals surface area contributed by atoms with Gasteiger partial charge in [-0.2, -0.15) is 5.11 Å². The third-order valence-corrected chi connectivity index (χ3v) is 4.93. The zero-order valence-corrected chi connectivity index (χ0v) is 15.7. The maximum Gasteiger partial charge on any atom is 0.316 e. The number of pyridine rings is 1. The number of aromatic hydroxyl groups is 1. The number of urea groups is 1. The van der Waals surface area contributed by atoms with Crippen molar-refractivity contribution in [2.75, 3.05) is 10.0 Å². The molecule has 0 aliphatic rings. The van der Waals surface area contributed by atoms with Gasteiger partial charge in [-0.15, -0.1) is 5.11 Å². The Hall–Kier alpha value is -3.99. The number of phenols is 1. The first-order valence-electron chi connectivity index (χ1n) is 8.19. The summed E-state index contributed by atoms with van der Waals surface area (Å²) in [5.41, 5.74) is 5.91. The minimum absolute atomic E-state index is 0.0304. The number of phenolic OH excluding ortho intramolecular Hbond substituents is 1. The lowest BCUT2D eigenvalue weighted by atomic mass is 10.2. The molecule has 1 aromatic heterocycles. The molecule has 0 spiro atoms. The molecule has 5 N–H and O–H groups in total. The zero-order valence-electron chi connectivity index (χ0n) is 14.9. The second-order valence-electron chi connectivity index (χ2n) is 5.71. The molecule has 0 bridgehead atoms. The number of hydrogen-bond donors (Lipinski definition) is 4. The Morgan fingerprint density at radius 1 is 1.03 bits per heavy atom. The maximum atomic E-state index is 12.4. The molecule has 10 nitrogen and oxygen atoms in total. The highest BCUT2D eigenvalue weighted by Gasteiger charge is 2.14. The molecule has 0 aliphatic carbocycles. The van der Waals surface area contributed by atoms with Crippen LogP contribution in [-0.4, -0.2) is 24.5 Å². The number of primary amides is 1. The fourth-order valence-electron chi connectivity index (χ4n) is 2.27. The number of sulfonamides is 1. The standard InChI is InChI=1S/C18H16N6O4S/c19-18(26)21-16-11-13(25)6-9-15(16)23-22-12-4-7-14(8-5-12)29(27,28)24-17-3-1-2-10-20-17/h1-11,25H,(H,20,24)(H3,19,21,26). The minimum Gasteiger partial charge on any atom is -0.508 e. The zero-order chi connectivity index (χ0) is 20.9. The molecule has 148 valence electrons. The maximum absolute atomic E-state index is 12.4. The number of carbonyl (C=O) groups is 1. The van der Waals surface area contributed by atoms with E-state index in [-0.39, 0.29) is 27.8 Å². The van der Waals surface area contributed by atoms with Crippen molar-refractivity contribution in [1.29, 1.82) is 0 Å². The fraction of sp³-hybridized carbons (Fsp3) is 0. The van der Waals surface area contributed by atoms with E-state index in [2.05, 4.69) is 25.3 Å². The molecule has 29 heavy (non-hydrogen) atoms. The molecule has 1 heterocycles. The molecule has 0 aliphatic heterocycles. The minimum atomic E-state index is -3.80. The molecule has 11 heteroatoms. The SMILES string of the molecule is NC(=O)Nc1cc(O)ccc1N=Nc1ccc(S(=O)(=O)Nc2ccccn2)cc1. The van der Waals surface area contributed by atoms with Crippen LogP contribution >= 0.6 is 0 Å². The lowest BCUT2D eigenvalue weighted by molar-refractivity contribution is 0.259. The first-order chi connectivity index (χ1) is 13.8. The van der Waals surface area contributed by atoms with Gasteiger partial charge < -0.3 is 16.2 Å². The van der Waals surface area contributed by atoms with E-state index in [1.54, 1.807) is 12.1 Å². The van der Waals surface area contributed by atoms with E-state index in [1.807, 2.05) is 0 Å². The van der Waals surface area contributed by atoms with Crippen molar-refractivity contribution in [3.8, 4) is 5.75 Å². The van der Waals surface area contributed by atoms with Gasteiger partial charge in [0.1, 0.15) is 17.3 Å². The van der Waals surface area contributed by atoms with Crippen molar-refractivity contribution in [1.82, 2.24) is 4.98 Å². The largest absolute Gasteiger partial charge is 0.508 e. The Morgan fingerprint density at radius 2 is 1.79 bits per heavy atom. The van der Waals surface area contributed by atoms with Gasteiger partial charge in [-0.1, -0.05) is 6.07 Å². The summed E-state index contributed by atoms with van der Waals surface area (Å²) in [6, 6.07) is 13.8. The summed E-state index contributed by atoms with van der Waals surface area (Å²) in [6.45, 7) is 0. The normalized spacial score (nSPS) is 11.3. The van der Waals surface area contributed by atoms with Gasteiger partial charge in [0, 0.05) is 12.3 Å². The molecule has 3 rings (SSSR count). The van der Waals surface area contributed by atoms with E-state index in [1.165, 1.54) is 54.7 Å². The molecule has 2 aromatic carbocycles. The van der Waals surface area contributed by atoms with Gasteiger partial charge in [-0.05, 0) is 48.5 Å². The number of amides is 2. The summed E-state index contributed by atoms with van der Waals surface area (Å²) in [5, 5.41) is 19.9. The number of nitrogens with two attached hydrogens (primary N) is 1. The van der Waals surface area contributed by atoms with Crippen LogP contribution in [0.5, 0.6) is 5.75 Å². The van der Waals surface area contributed by atoms with Crippen LogP contribution in [0, 0.1) is 0 Å². The van der Waals surface area contributed by atoms with Gasteiger partial charge >= 0.3 is 6.03 Å². The second kappa shape index (κ2) is 8.35. The van der Waals surface area contributed by atoms with Crippen molar-refractivity contribution in [3.63, 3.8) is 0 Å². The summed E-state index contributed by atoms with van der Waals surface area (Å²) >= 11 is 0. The quantitative estimate of drug-likeness (QED) is 0.455. The van der Waals surface area contributed by atoms with E-state index < -0.39 is 16.1 Å². The molecule has 0 saturated carbocycles. The molecule has 0 fully saturated rings. The number of aromatic nitrogens is 1. The topological polar surface area (TPSA) is 159 Å². The Labute approximate surface area is 166 Å². The summed E-state index contributed by atoms with van der Waals surface area (Å²) in [6.07, 6.45) is 1.48. The number of rotatable bonds is 6. The average Bonchev–Trinajstić information content (AvgIpc) is 2.68. The smallest absolute Gasteiger partial charge is 0.316 e. The highest BCUT2D eigenvalue weighted by atomic mass is 32.2. The third kappa shape index (κ3) is 5.26. The monoisotopic (exact) mass is 412 g/mol. The van der Waals surface area contributed by atoms with E-state index in [0.717, 1.165) is 0 Å². The number of nitrogens with zero attached hydrogens (tertiary/aromatic N) is 3. The first-order valence-corrected chi connectivity index (χ1v) is 9.67. The number of carbonyl (C=O) groups excluding carboxylic acids is 1. The first kappa shape index (κ1) is 19.8. The molecular weight excluding hydrogens is 396 g/mol. The number of anilines is 2. The average molecular weight is 412 g/mol. The lowest BCUT2D eigenvalue weighted by Crippen LogP contribution is -2.19. The predicted molar refractivity (Wildman–Crippen MR) is 107 cm³/mol. The number of hydrogen-bond acceptors (Lipinski definition) is 7. The molecule has 0 radical (unpaired) electrons. The molecule has 3 aromatic rings. The third-order valence-electron chi connectivity index (χ3n) is 3.56. The predicted octanol–water partition coefficient (Wildman–Crippen LogP) is 3.49. The van der Waals surface area contributed by atoms with Crippen LogP contribution in [0.25, 0.3) is 0 Å². The van der Waals surface area contributed by atoms with Gasteiger partial charge in [0.05, 0.1) is 16.3 Å². The van der Waals surface area contributed by atoms with Gasteiger partial charge in [0.2, 0.25) is 0 Å². The Morgan fingerprint density at radius 3 is 2.45 bits per heavy atom. The van der Waals surface area contributed by atoms with Crippen molar-refractivity contribution in [2.24, 2.45) is 16.0 Å². The molecule has 0 saturated heterocycles. The molecule has 0 atom stereocenters. The van der Waals surface area contributed by atoms with Crippen LogP contribution in [0.1, 0.15) is 0 Å². The van der Waals surface area contributed by atoms with Gasteiger partial charge in [-0.3, -0.25) is 4.72 Å². The highest BCUT2D eigenvalue weighted by Crippen LogP contribution is 2.30. The Kier molecular flexibility index (Phi) is 5.69. The van der Waals surface area contributed by atoms with E-state index >= 15 is 0 Å². The van der Waals surface area contributed by atoms with Gasteiger partial charge in [0.15, 0.2) is 0 Å². The fourth-order valence-corrected chi connectivity index (χ4v) is 3.28. The van der Waals surface area contributed by atoms with Crippen LogP contribution in [0.2, 0.25) is 0 Å². The number of azo groups is 1. The molecule has 0 unspecified atom stereocenters. The van der Waals surface area contributed by atoms with Crippen molar-refractivity contribution < 1.29 is 18.3 Å². The molecule has 2 amide bonds.